The summed E-state index contributed by atoms with van der Waals surface area (Å²) >= 11 is 0. The van der Waals surface area contributed by atoms with Gasteiger partial charge in [-0.05, 0) is 12.5 Å². The number of benzene rings is 1. The van der Waals surface area contributed by atoms with Crippen LogP contribution in [-0.4, -0.2) is 28.7 Å². The van der Waals surface area contributed by atoms with E-state index >= 15 is 0 Å². The Morgan fingerprint density at radius 3 is 2.08 bits per heavy atom. The molecule has 0 fully saturated rings. The van der Waals surface area contributed by atoms with Crippen LogP contribution < -0.4 is 9.47 Å². The third-order valence-electron chi connectivity index (χ3n) is 2.84. The first-order valence-corrected chi connectivity index (χ1v) is 6.77. The zero-order chi connectivity index (χ0) is 17.8. The molecule has 1 aromatic heterocycles. The van der Waals surface area contributed by atoms with Gasteiger partial charge in [0.25, 0.3) is 0 Å². The van der Waals surface area contributed by atoms with Crippen LogP contribution in [-0.2, 0) is 6.61 Å². The van der Waals surface area contributed by atoms with Gasteiger partial charge in [-0.1, -0.05) is 30.3 Å². The lowest BCUT2D eigenvalue weighted by molar-refractivity contribution is -0.290. The van der Waals surface area contributed by atoms with Crippen molar-refractivity contribution in [3.8, 4) is 11.8 Å². The van der Waals surface area contributed by atoms with Crippen LogP contribution in [0.4, 0.5) is 22.0 Å². The van der Waals surface area contributed by atoms with Crippen LogP contribution >= 0.6 is 0 Å². The molecule has 0 aliphatic rings. The highest BCUT2D eigenvalue weighted by molar-refractivity contribution is 5.22. The van der Waals surface area contributed by atoms with Crippen LogP contribution in [0.2, 0.25) is 0 Å². The molecule has 9 heteroatoms. The fourth-order valence-electron chi connectivity index (χ4n) is 1.64. The second-order valence-electron chi connectivity index (χ2n) is 4.86. The summed E-state index contributed by atoms with van der Waals surface area (Å²) in [5.41, 5.74) is 0.833. The molecule has 0 amide bonds. The molecule has 0 N–H and O–H groups in total. The summed E-state index contributed by atoms with van der Waals surface area (Å²) < 4.78 is 71.9. The van der Waals surface area contributed by atoms with Crippen molar-refractivity contribution < 1.29 is 31.4 Å². The van der Waals surface area contributed by atoms with E-state index in [-0.39, 0.29) is 18.3 Å². The van der Waals surface area contributed by atoms with E-state index in [1.807, 2.05) is 6.07 Å². The highest BCUT2D eigenvalue weighted by Crippen LogP contribution is 2.35. The van der Waals surface area contributed by atoms with Crippen LogP contribution in [0.15, 0.2) is 36.4 Å². The monoisotopic (exact) mass is 348 g/mol. The lowest BCUT2D eigenvalue weighted by Crippen LogP contribution is -2.41. The molecule has 0 unspecified atom stereocenters. The molecule has 0 saturated carbocycles. The van der Waals surface area contributed by atoms with E-state index in [0.717, 1.165) is 11.6 Å². The maximum absolute atomic E-state index is 12.9. The second kappa shape index (κ2) is 6.98. The molecule has 0 bridgehead atoms. The van der Waals surface area contributed by atoms with Gasteiger partial charge in [0.05, 0.1) is 6.07 Å². The molecule has 0 aliphatic heterocycles. The topological polar surface area (TPSA) is 44.2 Å². The molecule has 1 aromatic carbocycles. The van der Waals surface area contributed by atoms with E-state index in [9.17, 15) is 22.0 Å². The van der Waals surface area contributed by atoms with Crippen molar-refractivity contribution in [3.63, 3.8) is 0 Å². The Morgan fingerprint density at radius 2 is 1.50 bits per heavy atom. The number of nitrogens with zero attached hydrogens (tertiary/aromatic N) is 2. The number of halogens is 5. The molecule has 130 valence electrons. The van der Waals surface area contributed by atoms with Crippen molar-refractivity contribution in [1.82, 2.24) is 9.97 Å². The minimum atomic E-state index is -5.69. The van der Waals surface area contributed by atoms with Gasteiger partial charge in [0.2, 0.25) is 11.8 Å². The Balaban J connectivity index is 2.03. The molecular formula is C15H13F5N2O2. The Bertz CT molecular complexity index is 677. The van der Waals surface area contributed by atoms with Gasteiger partial charge >= 0.3 is 12.1 Å². The minimum absolute atomic E-state index is 0.0108. The van der Waals surface area contributed by atoms with Crippen molar-refractivity contribution in [2.24, 2.45) is 0 Å². The Kier molecular flexibility index (Phi) is 5.20. The van der Waals surface area contributed by atoms with Crippen LogP contribution in [0.3, 0.4) is 0 Å². The molecule has 0 spiro atoms. The van der Waals surface area contributed by atoms with Gasteiger partial charge in [-0.3, -0.25) is 0 Å². The maximum Gasteiger partial charge on any atom is 0.456 e. The number of rotatable bonds is 6. The van der Waals surface area contributed by atoms with Gasteiger partial charge < -0.3 is 9.47 Å². The van der Waals surface area contributed by atoms with E-state index < -0.39 is 24.6 Å². The normalized spacial score (nSPS) is 12.1. The van der Waals surface area contributed by atoms with Crippen LogP contribution in [0.1, 0.15) is 11.4 Å². The summed E-state index contributed by atoms with van der Waals surface area (Å²) in [7, 11) is 0. The fourth-order valence-corrected chi connectivity index (χ4v) is 1.64. The quantitative estimate of drug-likeness (QED) is 0.742. The zero-order valence-electron chi connectivity index (χ0n) is 12.5. The number of hydrogen-bond acceptors (Lipinski definition) is 4. The van der Waals surface area contributed by atoms with Gasteiger partial charge in [0.15, 0.2) is 6.61 Å². The molecule has 0 aliphatic carbocycles. The number of aryl methyl sites for hydroxylation is 1. The van der Waals surface area contributed by atoms with Crippen LogP contribution in [0.25, 0.3) is 0 Å². The predicted molar refractivity (Wildman–Crippen MR) is 74.0 cm³/mol. The summed E-state index contributed by atoms with van der Waals surface area (Å²) in [6.45, 7) is -0.287. The standard InChI is InChI=1S/C15H13F5N2O2/c1-10-21-12(23-8-11-5-3-2-4-6-11)7-13(22-10)24-9-14(16,17)15(18,19)20/h2-7H,8-9H2,1H3. The molecule has 24 heavy (non-hydrogen) atoms. The average Bonchev–Trinajstić information content (AvgIpc) is 2.51. The minimum Gasteiger partial charge on any atom is -0.473 e. The highest BCUT2D eigenvalue weighted by Gasteiger charge is 2.58. The number of alkyl halides is 5. The first kappa shape index (κ1) is 17.9. The van der Waals surface area contributed by atoms with Crippen LogP contribution in [0, 0.1) is 6.92 Å². The summed E-state index contributed by atoms with van der Waals surface area (Å²) in [6.07, 6.45) is -5.69. The lowest BCUT2D eigenvalue weighted by atomic mass is 10.2. The number of hydrogen-bond donors (Lipinski definition) is 0. The molecule has 0 saturated heterocycles. The van der Waals surface area contributed by atoms with Crippen molar-refractivity contribution in [2.75, 3.05) is 6.61 Å². The maximum atomic E-state index is 12.9. The van der Waals surface area contributed by atoms with E-state index in [1.165, 1.54) is 6.92 Å². The van der Waals surface area contributed by atoms with Crippen molar-refractivity contribution in [2.45, 2.75) is 25.6 Å². The Hall–Kier alpha value is -2.45. The molecule has 2 rings (SSSR count). The first-order chi connectivity index (χ1) is 11.2. The van der Waals surface area contributed by atoms with E-state index in [0.29, 0.717) is 0 Å². The molecule has 2 aromatic rings. The number of ether oxygens (including phenoxy) is 2. The molecule has 4 nitrogen and oxygen atoms in total. The van der Waals surface area contributed by atoms with Gasteiger partial charge in [-0.25, -0.2) is 0 Å². The zero-order valence-corrected chi connectivity index (χ0v) is 12.5. The SMILES string of the molecule is Cc1nc(OCc2ccccc2)cc(OCC(F)(F)C(F)(F)F)n1. The first-order valence-electron chi connectivity index (χ1n) is 6.77. The summed E-state index contributed by atoms with van der Waals surface area (Å²) in [5.74, 6) is -5.27. The molecular weight excluding hydrogens is 335 g/mol. The van der Waals surface area contributed by atoms with Gasteiger partial charge in [0, 0.05) is 0 Å². The fraction of sp³-hybridized carbons (Fsp3) is 0.333. The van der Waals surface area contributed by atoms with Crippen LogP contribution in [0.5, 0.6) is 11.8 Å². The van der Waals surface area contributed by atoms with E-state index in [2.05, 4.69) is 14.7 Å². The Morgan fingerprint density at radius 1 is 0.917 bits per heavy atom. The molecule has 0 atom stereocenters. The highest BCUT2D eigenvalue weighted by atomic mass is 19.4. The van der Waals surface area contributed by atoms with Crippen molar-refractivity contribution in [3.05, 3.63) is 47.8 Å². The lowest BCUT2D eigenvalue weighted by Gasteiger charge is -2.19. The molecule has 1 heterocycles. The third kappa shape index (κ3) is 4.77. The average molecular weight is 348 g/mol. The largest absolute Gasteiger partial charge is 0.473 e. The van der Waals surface area contributed by atoms with Crippen molar-refractivity contribution in [1.29, 1.82) is 0 Å². The number of aromatic nitrogens is 2. The predicted octanol–water partition coefficient (Wildman–Crippen LogP) is 3.94. The van der Waals surface area contributed by atoms with Crippen molar-refractivity contribution >= 4 is 0 Å². The van der Waals surface area contributed by atoms with E-state index in [4.69, 9.17) is 4.74 Å². The summed E-state index contributed by atoms with van der Waals surface area (Å²) in [5, 5.41) is 0. The Labute approximate surface area is 134 Å². The van der Waals surface area contributed by atoms with E-state index in [1.54, 1.807) is 24.3 Å². The summed E-state index contributed by atoms with van der Waals surface area (Å²) in [6, 6.07) is 10.1. The van der Waals surface area contributed by atoms with Gasteiger partial charge in [-0.15, -0.1) is 0 Å². The molecule has 0 radical (unpaired) electrons. The van der Waals surface area contributed by atoms with Gasteiger partial charge in [-0.2, -0.15) is 31.9 Å². The third-order valence-corrected chi connectivity index (χ3v) is 2.84. The second-order valence-corrected chi connectivity index (χ2v) is 4.86. The van der Waals surface area contributed by atoms with Gasteiger partial charge in [0.1, 0.15) is 12.4 Å². The summed E-state index contributed by atoms with van der Waals surface area (Å²) in [4.78, 5) is 7.58. The smallest absolute Gasteiger partial charge is 0.456 e.